The third-order valence-electron chi connectivity index (χ3n) is 4.68. The summed E-state index contributed by atoms with van der Waals surface area (Å²) in [6.07, 6.45) is 4.19. The van der Waals surface area contributed by atoms with Gasteiger partial charge >= 0.3 is 0 Å². The lowest BCUT2D eigenvalue weighted by molar-refractivity contribution is -0.185. The van der Waals surface area contributed by atoms with Crippen molar-refractivity contribution in [3.8, 4) is 0 Å². The predicted octanol–water partition coefficient (Wildman–Crippen LogP) is 1.58. The number of piperidine rings is 1. The SMILES string of the molecule is CSCC(C)n1nnnc1N1CCC(C2(C)OCCO2)CC1. The highest BCUT2D eigenvalue weighted by Crippen LogP contribution is 2.35. The summed E-state index contributed by atoms with van der Waals surface area (Å²) in [5, 5.41) is 12.3. The van der Waals surface area contributed by atoms with Gasteiger partial charge in [-0.2, -0.15) is 11.8 Å². The Labute approximate surface area is 135 Å². The summed E-state index contributed by atoms with van der Waals surface area (Å²) in [5.41, 5.74) is 0. The van der Waals surface area contributed by atoms with E-state index in [4.69, 9.17) is 9.47 Å². The summed E-state index contributed by atoms with van der Waals surface area (Å²) < 4.78 is 13.6. The van der Waals surface area contributed by atoms with Crippen molar-refractivity contribution in [1.82, 2.24) is 20.2 Å². The maximum Gasteiger partial charge on any atom is 0.245 e. The highest BCUT2D eigenvalue weighted by Gasteiger charge is 2.41. The minimum absolute atomic E-state index is 0.303. The van der Waals surface area contributed by atoms with Gasteiger partial charge in [0.2, 0.25) is 5.95 Å². The first kappa shape index (κ1) is 16.0. The van der Waals surface area contributed by atoms with Gasteiger partial charge in [0.1, 0.15) is 0 Å². The molecule has 8 heteroatoms. The maximum absolute atomic E-state index is 5.81. The molecule has 1 unspecified atom stereocenters. The molecule has 1 atom stereocenters. The van der Waals surface area contributed by atoms with Crippen molar-refractivity contribution < 1.29 is 9.47 Å². The number of hydrogen-bond donors (Lipinski definition) is 0. The lowest BCUT2D eigenvalue weighted by Crippen LogP contribution is -2.45. The van der Waals surface area contributed by atoms with Gasteiger partial charge in [0.15, 0.2) is 5.79 Å². The van der Waals surface area contributed by atoms with E-state index in [0.29, 0.717) is 25.2 Å². The van der Waals surface area contributed by atoms with Crippen LogP contribution in [-0.2, 0) is 9.47 Å². The molecule has 0 saturated carbocycles. The zero-order chi connectivity index (χ0) is 15.6. The van der Waals surface area contributed by atoms with Crippen LogP contribution in [0.4, 0.5) is 5.95 Å². The Balaban J connectivity index is 1.63. The average molecular weight is 327 g/mol. The molecule has 2 aliphatic rings. The Morgan fingerprint density at radius 1 is 1.32 bits per heavy atom. The topological polar surface area (TPSA) is 65.3 Å². The third kappa shape index (κ3) is 3.09. The van der Waals surface area contributed by atoms with Gasteiger partial charge in [-0.05, 0) is 43.4 Å². The molecule has 0 radical (unpaired) electrons. The minimum Gasteiger partial charge on any atom is -0.348 e. The van der Waals surface area contributed by atoms with Gasteiger partial charge in [0.25, 0.3) is 0 Å². The van der Waals surface area contributed by atoms with Crippen LogP contribution in [-0.4, -0.2) is 64.3 Å². The second kappa shape index (κ2) is 6.72. The largest absolute Gasteiger partial charge is 0.348 e. The first-order valence-electron chi connectivity index (χ1n) is 7.93. The van der Waals surface area contributed by atoms with Crippen LogP contribution < -0.4 is 4.90 Å². The van der Waals surface area contributed by atoms with E-state index in [1.54, 1.807) is 0 Å². The molecule has 0 aliphatic carbocycles. The molecule has 0 amide bonds. The zero-order valence-electron chi connectivity index (χ0n) is 13.6. The molecule has 124 valence electrons. The number of thioether (sulfide) groups is 1. The lowest BCUT2D eigenvalue weighted by atomic mass is 9.89. The van der Waals surface area contributed by atoms with Crippen LogP contribution in [0.25, 0.3) is 0 Å². The van der Waals surface area contributed by atoms with Crippen LogP contribution in [0.2, 0.25) is 0 Å². The molecule has 2 fully saturated rings. The Morgan fingerprint density at radius 2 is 2.00 bits per heavy atom. The Morgan fingerprint density at radius 3 is 2.64 bits per heavy atom. The number of ether oxygens (including phenoxy) is 2. The van der Waals surface area contributed by atoms with E-state index >= 15 is 0 Å². The quantitative estimate of drug-likeness (QED) is 0.813. The lowest BCUT2D eigenvalue weighted by Gasteiger charge is -2.39. The average Bonchev–Trinajstić information content (AvgIpc) is 3.17. The summed E-state index contributed by atoms with van der Waals surface area (Å²) >= 11 is 1.81. The fourth-order valence-electron chi connectivity index (χ4n) is 3.36. The van der Waals surface area contributed by atoms with E-state index in [1.165, 1.54) is 0 Å². The Hall–Kier alpha value is -0.860. The summed E-state index contributed by atoms with van der Waals surface area (Å²) in [7, 11) is 0. The van der Waals surface area contributed by atoms with E-state index in [1.807, 2.05) is 16.4 Å². The molecular formula is C14H25N5O2S. The molecule has 0 aromatic carbocycles. The number of anilines is 1. The molecule has 3 heterocycles. The second-order valence-electron chi connectivity index (χ2n) is 6.20. The fraction of sp³-hybridized carbons (Fsp3) is 0.929. The predicted molar refractivity (Wildman–Crippen MR) is 86.2 cm³/mol. The van der Waals surface area contributed by atoms with Gasteiger partial charge in [-0.25, -0.2) is 4.68 Å². The van der Waals surface area contributed by atoms with Crippen molar-refractivity contribution in [2.24, 2.45) is 5.92 Å². The number of nitrogens with zero attached hydrogens (tertiary/aromatic N) is 5. The fourth-order valence-corrected chi connectivity index (χ4v) is 3.99. The summed E-state index contributed by atoms with van der Waals surface area (Å²) in [5.74, 6) is 1.94. The summed E-state index contributed by atoms with van der Waals surface area (Å²) in [6.45, 7) is 7.54. The molecule has 2 saturated heterocycles. The van der Waals surface area contributed by atoms with Crippen LogP contribution in [0, 0.1) is 5.92 Å². The van der Waals surface area contributed by atoms with Crippen LogP contribution >= 0.6 is 11.8 Å². The standard InChI is InChI=1S/C14H25N5O2S/c1-11(10-22-3)19-13(15-16-17-19)18-6-4-12(5-7-18)14(2)20-8-9-21-14/h11-12H,4-10H2,1-3H3. The number of rotatable bonds is 5. The normalized spacial score (nSPS) is 23.9. The first-order valence-corrected chi connectivity index (χ1v) is 9.33. The van der Waals surface area contributed by atoms with Gasteiger partial charge in [0.05, 0.1) is 19.3 Å². The van der Waals surface area contributed by atoms with Crippen LogP contribution in [0.1, 0.15) is 32.7 Å². The van der Waals surface area contributed by atoms with Gasteiger partial charge in [-0.3, -0.25) is 0 Å². The van der Waals surface area contributed by atoms with Crippen molar-refractivity contribution >= 4 is 17.7 Å². The minimum atomic E-state index is -0.399. The first-order chi connectivity index (χ1) is 10.6. The highest BCUT2D eigenvalue weighted by molar-refractivity contribution is 7.98. The molecular weight excluding hydrogens is 302 g/mol. The molecule has 2 aliphatic heterocycles. The van der Waals surface area contributed by atoms with Crippen molar-refractivity contribution in [3.63, 3.8) is 0 Å². The summed E-state index contributed by atoms with van der Waals surface area (Å²) in [6, 6.07) is 0.303. The van der Waals surface area contributed by atoms with Crippen LogP contribution in [0.5, 0.6) is 0 Å². The smallest absolute Gasteiger partial charge is 0.245 e. The molecule has 22 heavy (non-hydrogen) atoms. The molecule has 0 bridgehead atoms. The van der Waals surface area contributed by atoms with Crippen LogP contribution in [0.3, 0.4) is 0 Å². The van der Waals surface area contributed by atoms with Crippen molar-refractivity contribution in [2.45, 2.75) is 38.5 Å². The van der Waals surface area contributed by atoms with Crippen molar-refractivity contribution in [3.05, 3.63) is 0 Å². The van der Waals surface area contributed by atoms with Crippen LogP contribution in [0.15, 0.2) is 0 Å². The number of aromatic nitrogens is 4. The second-order valence-corrected chi connectivity index (χ2v) is 7.11. The maximum atomic E-state index is 5.81. The van der Waals surface area contributed by atoms with E-state index in [9.17, 15) is 0 Å². The van der Waals surface area contributed by atoms with E-state index in [-0.39, 0.29) is 0 Å². The molecule has 7 nitrogen and oxygen atoms in total. The highest BCUT2D eigenvalue weighted by atomic mass is 32.2. The molecule has 1 aromatic rings. The molecule has 3 rings (SSSR count). The van der Waals surface area contributed by atoms with Gasteiger partial charge in [-0.1, -0.05) is 5.10 Å². The number of tetrazole rings is 1. The Bertz CT molecular complexity index is 483. The van der Waals surface area contributed by atoms with Crippen molar-refractivity contribution in [2.75, 3.05) is 43.2 Å². The van der Waals surface area contributed by atoms with Gasteiger partial charge in [0, 0.05) is 24.8 Å². The molecule has 0 spiro atoms. The van der Waals surface area contributed by atoms with Gasteiger partial charge < -0.3 is 14.4 Å². The van der Waals surface area contributed by atoms with Gasteiger partial charge in [-0.15, -0.1) is 0 Å². The monoisotopic (exact) mass is 327 g/mol. The third-order valence-corrected chi connectivity index (χ3v) is 5.50. The summed E-state index contributed by atoms with van der Waals surface area (Å²) in [4.78, 5) is 2.28. The Kier molecular flexibility index (Phi) is 4.89. The zero-order valence-corrected chi connectivity index (χ0v) is 14.4. The van der Waals surface area contributed by atoms with Crippen molar-refractivity contribution in [1.29, 1.82) is 0 Å². The van der Waals surface area contributed by atoms with E-state index in [2.05, 4.69) is 40.5 Å². The number of hydrogen-bond acceptors (Lipinski definition) is 7. The molecule has 1 aromatic heterocycles. The van der Waals surface area contributed by atoms with E-state index in [0.717, 1.165) is 37.6 Å². The molecule has 0 N–H and O–H groups in total. The van der Waals surface area contributed by atoms with E-state index < -0.39 is 5.79 Å².